The highest BCUT2D eigenvalue weighted by Crippen LogP contribution is 2.32. The molecule has 1 amide bonds. The van der Waals surface area contributed by atoms with Gasteiger partial charge in [-0.2, -0.15) is 5.26 Å². The number of benzene rings is 3. The van der Waals surface area contributed by atoms with Crippen molar-refractivity contribution < 1.29 is 4.79 Å². The normalized spacial score (nSPS) is 10.2. The maximum atomic E-state index is 12.6. The molecule has 1 N–H and O–H groups in total. The van der Waals surface area contributed by atoms with Crippen LogP contribution in [-0.4, -0.2) is 18.2 Å². The van der Waals surface area contributed by atoms with E-state index in [1.807, 2.05) is 60.7 Å². The molecular weight excluding hydrogens is 384 g/mol. The number of carbonyl (C=O) groups excluding carboxylic acids is 1. The van der Waals surface area contributed by atoms with Crippen LogP contribution in [0.4, 0.5) is 0 Å². The number of amides is 1. The zero-order chi connectivity index (χ0) is 19.6. The monoisotopic (exact) mass is 404 g/mol. The number of rotatable bonds is 8. The van der Waals surface area contributed by atoms with Gasteiger partial charge in [-0.3, -0.25) is 4.79 Å². The lowest BCUT2D eigenvalue weighted by molar-refractivity contribution is 0.0951. The lowest BCUT2D eigenvalue weighted by Crippen LogP contribution is -2.25. The van der Waals surface area contributed by atoms with Crippen LogP contribution in [0, 0.1) is 11.3 Å². The summed E-state index contributed by atoms with van der Waals surface area (Å²) in [7, 11) is 0. The SMILES string of the molecule is N#Cc1ccccc1Sc1ccccc1C(=O)NCCCSc1ccccc1. The van der Waals surface area contributed by atoms with Crippen LogP contribution < -0.4 is 5.32 Å². The van der Waals surface area contributed by atoms with Gasteiger partial charge in [-0.25, -0.2) is 0 Å². The average molecular weight is 405 g/mol. The number of hydrogen-bond acceptors (Lipinski definition) is 4. The third-order valence-corrected chi connectivity index (χ3v) is 6.23. The zero-order valence-corrected chi connectivity index (χ0v) is 16.9. The van der Waals surface area contributed by atoms with Gasteiger partial charge >= 0.3 is 0 Å². The van der Waals surface area contributed by atoms with E-state index >= 15 is 0 Å². The highest BCUT2D eigenvalue weighted by molar-refractivity contribution is 7.99. The first-order chi connectivity index (χ1) is 13.8. The Morgan fingerprint density at radius 2 is 1.57 bits per heavy atom. The van der Waals surface area contributed by atoms with Crippen LogP contribution in [-0.2, 0) is 0 Å². The second-order valence-electron chi connectivity index (χ2n) is 5.98. The van der Waals surface area contributed by atoms with E-state index in [9.17, 15) is 10.1 Å². The summed E-state index contributed by atoms with van der Waals surface area (Å²) in [6.45, 7) is 0.631. The minimum atomic E-state index is -0.0813. The summed E-state index contributed by atoms with van der Waals surface area (Å²) in [5.41, 5.74) is 1.25. The molecule has 0 unspecified atom stereocenters. The van der Waals surface area contributed by atoms with E-state index in [1.54, 1.807) is 17.8 Å². The maximum absolute atomic E-state index is 12.6. The Balaban J connectivity index is 1.56. The lowest BCUT2D eigenvalue weighted by atomic mass is 10.2. The summed E-state index contributed by atoms with van der Waals surface area (Å²) in [5, 5.41) is 12.3. The van der Waals surface area contributed by atoms with Crippen LogP contribution in [0.1, 0.15) is 22.3 Å². The van der Waals surface area contributed by atoms with Crippen molar-refractivity contribution in [3.63, 3.8) is 0 Å². The van der Waals surface area contributed by atoms with E-state index in [1.165, 1.54) is 16.7 Å². The number of nitrogens with one attached hydrogen (secondary N) is 1. The Hall–Kier alpha value is -2.68. The molecule has 28 heavy (non-hydrogen) atoms. The molecule has 0 aromatic heterocycles. The Morgan fingerprint density at radius 3 is 2.36 bits per heavy atom. The number of hydrogen-bond donors (Lipinski definition) is 1. The Kier molecular flexibility index (Phi) is 7.60. The molecule has 0 atom stereocenters. The van der Waals surface area contributed by atoms with Gasteiger partial charge in [-0.15, -0.1) is 11.8 Å². The maximum Gasteiger partial charge on any atom is 0.252 e. The lowest BCUT2D eigenvalue weighted by Gasteiger charge is -2.10. The summed E-state index contributed by atoms with van der Waals surface area (Å²) >= 11 is 3.24. The summed E-state index contributed by atoms with van der Waals surface area (Å²) in [4.78, 5) is 15.6. The summed E-state index contributed by atoms with van der Waals surface area (Å²) < 4.78 is 0. The fraction of sp³-hybridized carbons (Fsp3) is 0.130. The topological polar surface area (TPSA) is 52.9 Å². The second kappa shape index (κ2) is 10.6. The molecule has 0 aliphatic rings. The predicted octanol–water partition coefficient (Wildman–Crippen LogP) is 5.62. The number of carbonyl (C=O) groups is 1. The van der Waals surface area contributed by atoms with Crippen LogP contribution >= 0.6 is 23.5 Å². The largest absolute Gasteiger partial charge is 0.352 e. The molecule has 0 aliphatic heterocycles. The first-order valence-electron chi connectivity index (χ1n) is 9.00. The van der Waals surface area contributed by atoms with E-state index in [0.29, 0.717) is 17.7 Å². The van der Waals surface area contributed by atoms with Gasteiger partial charge in [0, 0.05) is 21.2 Å². The highest BCUT2D eigenvalue weighted by atomic mass is 32.2. The van der Waals surface area contributed by atoms with Crippen LogP contribution in [0.2, 0.25) is 0 Å². The number of nitriles is 1. The molecule has 3 nitrogen and oxygen atoms in total. The van der Waals surface area contributed by atoms with Crippen molar-refractivity contribution in [2.45, 2.75) is 21.1 Å². The van der Waals surface area contributed by atoms with Crippen LogP contribution in [0.15, 0.2) is 93.5 Å². The molecule has 3 rings (SSSR count). The van der Waals surface area contributed by atoms with E-state index in [0.717, 1.165) is 22.0 Å². The van der Waals surface area contributed by atoms with Gasteiger partial charge in [0.1, 0.15) is 6.07 Å². The van der Waals surface area contributed by atoms with Crippen molar-refractivity contribution in [1.29, 1.82) is 5.26 Å². The van der Waals surface area contributed by atoms with Gasteiger partial charge in [0.2, 0.25) is 0 Å². The number of nitrogens with zero attached hydrogens (tertiary/aromatic N) is 1. The van der Waals surface area contributed by atoms with E-state index in [4.69, 9.17) is 0 Å². The van der Waals surface area contributed by atoms with Crippen molar-refractivity contribution in [2.75, 3.05) is 12.3 Å². The quantitative estimate of drug-likeness (QED) is 0.391. The average Bonchev–Trinajstić information content (AvgIpc) is 2.75. The van der Waals surface area contributed by atoms with Gasteiger partial charge in [-0.1, -0.05) is 54.2 Å². The molecule has 0 radical (unpaired) electrons. The first kappa shape index (κ1) is 20.1. The molecule has 140 valence electrons. The summed E-state index contributed by atoms with van der Waals surface area (Å²) in [5.74, 6) is 0.873. The molecule has 0 bridgehead atoms. The molecule has 0 heterocycles. The molecule has 0 aliphatic carbocycles. The Labute approximate surface area is 174 Å². The minimum Gasteiger partial charge on any atom is -0.352 e. The van der Waals surface area contributed by atoms with Crippen molar-refractivity contribution >= 4 is 29.4 Å². The zero-order valence-electron chi connectivity index (χ0n) is 15.3. The van der Waals surface area contributed by atoms with Crippen molar-refractivity contribution in [1.82, 2.24) is 5.32 Å². The summed E-state index contributed by atoms with van der Waals surface area (Å²) in [6, 6.07) is 27.4. The van der Waals surface area contributed by atoms with Crippen LogP contribution in [0.5, 0.6) is 0 Å². The Bertz CT molecular complexity index is 968. The van der Waals surface area contributed by atoms with E-state index in [2.05, 4.69) is 23.5 Å². The van der Waals surface area contributed by atoms with Crippen molar-refractivity contribution in [3.8, 4) is 6.07 Å². The Morgan fingerprint density at radius 1 is 0.893 bits per heavy atom. The third-order valence-electron chi connectivity index (χ3n) is 3.98. The number of thioether (sulfide) groups is 1. The molecule has 0 saturated carbocycles. The van der Waals surface area contributed by atoms with Gasteiger partial charge in [0.05, 0.1) is 11.1 Å². The summed E-state index contributed by atoms with van der Waals surface area (Å²) in [6.07, 6.45) is 0.901. The molecule has 5 heteroatoms. The van der Waals surface area contributed by atoms with E-state index < -0.39 is 0 Å². The molecular formula is C23H20N2OS2. The van der Waals surface area contributed by atoms with Crippen molar-refractivity contribution in [2.24, 2.45) is 0 Å². The molecule has 3 aromatic rings. The van der Waals surface area contributed by atoms with Gasteiger partial charge < -0.3 is 5.32 Å². The molecule has 0 saturated heterocycles. The van der Waals surface area contributed by atoms with Gasteiger partial charge in [-0.05, 0) is 48.6 Å². The van der Waals surface area contributed by atoms with Crippen molar-refractivity contribution in [3.05, 3.63) is 90.0 Å². The fourth-order valence-corrected chi connectivity index (χ4v) is 4.48. The van der Waals surface area contributed by atoms with Gasteiger partial charge in [0.25, 0.3) is 5.91 Å². The van der Waals surface area contributed by atoms with Crippen LogP contribution in [0.3, 0.4) is 0 Å². The molecule has 0 spiro atoms. The van der Waals surface area contributed by atoms with Crippen LogP contribution in [0.25, 0.3) is 0 Å². The standard InChI is InChI=1S/C23H20N2OS2/c24-17-18-9-4-6-13-21(18)28-22-14-7-5-12-20(22)23(26)25-15-8-16-27-19-10-2-1-3-11-19/h1-7,9-14H,8,15-16H2,(H,25,26). The first-order valence-corrected chi connectivity index (χ1v) is 10.8. The van der Waals surface area contributed by atoms with E-state index in [-0.39, 0.29) is 5.91 Å². The third kappa shape index (κ3) is 5.66. The van der Waals surface area contributed by atoms with Gasteiger partial charge in [0.15, 0.2) is 0 Å². The smallest absolute Gasteiger partial charge is 0.252 e. The molecule has 3 aromatic carbocycles. The highest BCUT2D eigenvalue weighted by Gasteiger charge is 2.13. The second-order valence-corrected chi connectivity index (χ2v) is 8.23. The minimum absolute atomic E-state index is 0.0813. The predicted molar refractivity (Wildman–Crippen MR) is 116 cm³/mol. The molecule has 0 fully saturated rings. The fourth-order valence-electron chi connectivity index (χ4n) is 2.59.